The SMILES string of the molecule is CN(CC(=O)NC(C)(C)C)C(=O)c1ccc(Br)cn1. The molecule has 0 bridgehead atoms. The van der Waals surface area contributed by atoms with Crippen molar-refractivity contribution in [1.29, 1.82) is 0 Å². The molecule has 104 valence electrons. The largest absolute Gasteiger partial charge is 0.350 e. The number of carbonyl (C=O) groups excluding carboxylic acids is 2. The lowest BCUT2D eigenvalue weighted by Gasteiger charge is -2.23. The predicted molar refractivity (Wildman–Crippen MR) is 76.8 cm³/mol. The van der Waals surface area contributed by atoms with Crippen LogP contribution in [0.1, 0.15) is 31.3 Å². The lowest BCUT2D eigenvalue weighted by atomic mass is 10.1. The van der Waals surface area contributed by atoms with E-state index in [1.54, 1.807) is 25.4 Å². The first-order chi connectivity index (χ1) is 8.69. The minimum absolute atomic E-state index is 0.00778. The molecule has 1 aromatic rings. The molecule has 6 heteroatoms. The van der Waals surface area contributed by atoms with Crippen molar-refractivity contribution >= 4 is 27.7 Å². The van der Waals surface area contributed by atoms with Gasteiger partial charge in [0, 0.05) is 23.3 Å². The second kappa shape index (κ2) is 6.14. The van der Waals surface area contributed by atoms with Crippen LogP contribution < -0.4 is 5.32 Å². The fourth-order valence-corrected chi connectivity index (χ4v) is 1.68. The van der Waals surface area contributed by atoms with E-state index >= 15 is 0 Å². The third-order valence-electron chi connectivity index (χ3n) is 2.19. The van der Waals surface area contributed by atoms with Gasteiger partial charge in [-0.15, -0.1) is 0 Å². The maximum absolute atomic E-state index is 12.0. The maximum Gasteiger partial charge on any atom is 0.272 e. The summed E-state index contributed by atoms with van der Waals surface area (Å²) in [7, 11) is 1.58. The molecular weight excluding hydrogens is 310 g/mol. The molecule has 0 spiro atoms. The van der Waals surface area contributed by atoms with Crippen molar-refractivity contribution < 1.29 is 9.59 Å². The number of likely N-dealkylation sites (N-methyl/N-ethyl adjacent to an activating group) is 1. The van der Waals surface area contributed by atoms with E-state index in [1.165, 1.54) is 4.90 Å². The highest BCUT2D eigenvalue weighted by atomic mass is 79.9. The number of carbonyl (C=O) groups is 2. The van der Waals surface area contributed by atoms with E-state index in [4.69, 9.17) is 0 Å². The second-order valence-corrected chi connectivity index (χ2v) is 6.24. The number of pyridine rings is 1. The van der Waals surface area contributed by atoms with Gasteiger partial charge in [-0.2, -0.15) is 0 Å². The highest BCUT2D eigenvalue weighted by molar-refractivity contribution is 9.10. The second-order valence-electron chi connectivity index (χ2n) is 5.32. The molecule has 1 N–H and O–H groups in total. The van der Waals surface area contributed by atoms with Gasteiger partial charge in [-0.25, -0.2) is 4.98 Å². The Balaban J connectivity index is 2.63. The number of nitrogens with one attached hydrogen (secondary N) is 1. The van der Waals surface area contributed by atoms with E-state index in [1.807, 2.05) is 20.8 Å². The molecule has 1 heterocycles. The van der Waals surface area contributed by atoms with Crippen LogP contribution in [0.25, 0.3) is 0 Å². The topological polar surface area (TPSA) is 62.3 Å². The smallest absolute Gasteiger partial charge is 0.272 e. The summed E-state index contributed by atoms with van der Waals surface area (Å²) >= 11 is 3.25. The van der Waals surface area contributed by atoms with Crippen LogP contribution in [-0.4, -0.2) is 40.8 Å². The molecule has 0 aliphatic rings. The lowest BCUT2D eigenvalue weighted by Crippen LogP contribution is -2.46. The lowest BCUT2D eigenvalue weighted by molar-refractivity contribution is -0.122. The van der Waals surface area contributed by atoms with Gasteiger partial charge in [0.2, 0.25) is 5.91 Å². The van der Waals surface area contributed by atoms with Crippen LogP contribution in [0.2, 0.25) is 0 Å². The summed E-state index contributed by atoms with van der Waals surface area (Å²) in [5.74, 6) is -0.475. The van der Waals surface area contributed by atoms with Crippen LogP contribution in [-0.2, 0) is 4.79 Å². The highest BCUT2D eigenvalue weighted by Gasteiger charge is 2.19. The van der Waals surface area contributed by atoms with E-state index < -0.39 is 0 Å². The molecule has 0 aliphatic carbocycles. The Morgan fingerprint density at radius 1 is 1.37 bits per heavy atom. The Morgan fingerprint density at radius 3 is 2.47 bits per heavy atom. The molecule has 5 nitrogen and oxygen atoms in total. The highest BCUT2D eigenvalue weighted by Crippen LogP contribution is 2.08. The van der Waals surface area contributed by atoms with E-state index in [0.717, 1.165) is 4.47 Å². The molecule has 0 unspecified atom stereocenters. The first kappa shape index (κ1) is 15.6. The van der Waals surface area contributed by atoms with E-state index in [9.17, 15) is 9.59 Å². The summed E-state index contributed by atoms with van der Waals surface area (Å²) in [6.07, 6.45) is 1.55. The minimum Gasteiger partial charge on any atom is -0.350 e. The number of aromatic nitrogens is 1. The summed E-state index contributed by atoms with van der Waals surface area (Å²) in [6.45, 7) is 5.68. The summed E-state index contributed by atoms with van der Waals surface area (Å²) in [4.78, 5) is 29.1. The van der Waals surface area contributed by atoms with Gasteiger partial charge in [0.25, 0.3) is 5.91 Å². The van der Waals surface area contributed by atoms with Gasteiger partial charge in [-0.1, -0.05) is 0 Å². The normalized spacial score (nSPS) is 11.0. The molecule has 0 radical (unpaired) electrons. The number of hydrogen-bond donors (Lipinski definition) is 1. The Bertz CT molecular complexity index is 466. The van der Waals surface area contributed by atoms with Crippen LogP contribution in [0.4, 0.5) is 0 Å². The van der Waals surface area contributed by atoms with Gasteiger partial charge < -0.3 is 10.2 Å². The Kier molecular flexibility index (Phi) is 5.05. The molecule has 1 rings (SSSR count). The van der Waals surface area contributed by atoms with Gasteiger partial charge in [-0.3, -0.25) is 9.59 Å². The zero-order valence-electron chi connectivity index (χ0n) is 11.5. The molecular formula is C13H18BrN3O2. The van der Waals surface area contributed by atoms with Gasteiger partial charge in [0.15, 0.2) is 0 Å². The van der Waals surface area contributed by atoms with E-state index in [-0.39, 0.29) is 23.9 Å². The van der Waals surface area contributed by atoms with E-state index in [0.29, 0.717) is 5.69 Å². The van der Waals surface area contributed by atoms with Crippen molar-refractivity contribution in [3.05, 3.63) is 28.5 Å². The molecule has 1 aromatic heterocycles. The number of rotatable bonds is 3. The summed E-state index contributed by atoms with van der Waals surface area (Å²) in [6, 6.07) is 3.36. The molecule has 0 aromatic carbocycles. The van der Waals surface area contributed by atoms with Crippen molar-refractivity contribution in [1.82, 2.24) is 15.2 Å². The van der Waals surface area contributed by atoms with Gasteiger partial charge in [0.1, 0.15) is 5.69 Å². The first-order valence-electron chi connectivity index (χ1n) is 5.87. The van der Waals surface area contributed by atoms with Crippen LogP contribution in [0.15, 0.2) is 22.8 Å². The molecule has 0 saturated carbocycles. The van der Waals surface area contributed by atoms with Crippen LogP contribution in [0.5, 0.6) is 0 Å². The van der Waals surface area contributed by atoms with Crippen molar-refractivity contribution in [2.75, 3.05) is 13.6 Å². The Labute approximate surface area is 121 Å². The number of amides is 2. The summed E-state index contributed by atoms with van der Waals surface area (Å²) in [5.41, 5.74) is 0.00543. The molecule has 0 saturated heterocycles. The monoisotopic (exact) mass is 327 g/mol. The molecule has 0 aliphatic heterocycles. The molecule has 0 fully saturated rings. The average Bonchev–Trinajstić information content (AvgIpc) is 2.26. The number of halogens is 1. The molecule has 2 amide bonds. The number of nitrogens with zero attached hydrogens (tertiary/aromatic N) is 2. The fraction of sp³-hybridized carbons (Fsp3) is 0.462. The maximum atomic E-state index is 12.0. The zero-order valence-corrected chi connectivity index (χ0v) is 13.1. The zero-order chi connectivity index (χ0) is 14.6. The van der Waals surface area contributed by atoms with Gasteiger partial charge >= 0.3 is 0 Å². The Morgan fingerprint density at radius 2 is 2.00 bits per heavy atom. The minimum atomic E-state index is -0.309. The quantitative estimate of drug-likeness (QED) is 0.921. The third kappa shape index (κ3) is 5.38. The summed E-state index contributed by atoms with van der Waals surface area (Å²) < 4.78 is 0.803. The predicted octanol–water partition coefficient (Wildman–Crippen LogP) is 1.83. The van der Waals surface area contributed by atoms with Crippen molar-refractivity contribution in [2.24, 2.45) is 0 Å². The van der Waals surface area contributed by atoms with Gasteiger partial charge in [0.05, 0.1) is 6.54 Å². The van der Waals surface area contributed by atoms with Crippen LogP contribution in [0, 0.1) is 0 Å². The number of hydrogen-bond acceptors (Lipinski definition) is 3. The third-order valence-corrected chi connectivity index (χ3v) is 2.66. The van der Waals surface area contributed by atoms with Crippen molar-refractivity contribution in [3.63, 3.8) is 0 Å². The van der Waals surface area contributed by atoms with Crippen LogP contribution >= 0.6 is 15.9 Å². The van der Waals surface area contributed by atoms with Crippen molar-refractivity contribution in [2.45, 2.75) is 26.3 Å². The molecule has 19 heavy (non-hydrogen) atoms. The summed E-state index contributed by atoms with van der Waals surface area (Å²) in [5, 5.41) is 2.80. The van der Waals surface area contributed by atoms with E-state index in [2.05, 4.69) is 26.2 Å². The fourth-order valence-electron chi connectivity index (χ4n) is 1.44. The van der Waals surface area contributed by atoms with Gasteiger partial charge in [-0.05, 0) is 48.8 Å². The average molecular weight is 328 g/mol. The Hall–Kier alpha value is -1.43. The van der Waals surface area contributed by atoms with Crippen molar-refractivity contribution in [3.8, 4) is 0 Å². The van der Waals surface area contributed by atoms with Crippen LogP contribution in [0.3, 0.4) is 0 Å². The standard InChI is InChI=1S/C13H18BrN3O2/c1-13(2,3)16-11(18)8-17(4)12(19)10-6-5-9(14)7-15-10/h5-7H,8H2,1-4H3,(H,16,18). The first-order valence-corrected chi connectivity index (χ1v) is 6.66. The molecule has 0 atom stereocenters.